The van der Waals surface area contributed by atoms with Crippen molar-refractivity contribution in [2.45, 2.75) is 30.2 Å². The first-order valence-corrected chi connectivity index (χ1v) is 8.54. The molecule has 1 heterocycles. The fourth-order valence-corrected chi connectivity index (χ4v) is 5.08. The molecular weight excluding hydrogens is 298 g/mol. The van der Waals surface area contributed by atoms with Gasteiger partial charge in [-0.05, 0) is 36.8 Å². The normalized spacial score (nSPS) is 30.3. The molecule has 21 heavy (non-hydrogen) atoms. The number of hydrogen-bond donors (Lipinski definition) is 1. The van der Waals surface area contributed by atoms with E-state index in [4.69, 9.17) is 5.73 Å². The van der Waals surface area contributed by atoms with Crippen molar-refractivity contribution in [1.82, 2.24) is 4.31 Å². The predicted molar refractivity (Wildman–Crippen MR) is 73.9 cm³/mol. The lowest BCUT2D eigenvalue weighted by Crippen LogP contribution is -2.38. The fraction of sp³-hybridized carbons (Fsp3) is 0.571. The Morgan fingerprint density at radius 1 is 1.19 bits per heavy atom. The molecule has 1 saturated carbocycles. The number of benzene rings is 1. The van der Waals surface area contributed by atoms with Crippen LogP contribution in [-0.4, -0.2) is 31.9 Å². The molecule has 1 aliphatic carbocycles. The van der Waals surface area contributed by atoms with Gasteiger partial charge in [0.2, 0.25) is 10.0 Å². The molecule has 0 amide bonds. The summed E-state index contributed by atoms with van der Waals surface area (Å²) >= 11 is 0. The van der Waals surface area contributed by atoms with E-state index < -0.39 is 26.6 Å². The van der Waals surface area contributed by atoms with Gasteiger partial charge in [0.05, 0.1) is 0 Å². The van der Waals surface area contributed by atoms with Crippen molar-refractivity contribution < 1.29 is 17.2 Å². The van der Waals surface area contributed by atoms with Crippen molar-refractivity contribution in [3.05, 3.63) is 29.8 Å². The quantitative estimate of drug-likeness (QED) is 0.903. The van der Waals surface area contributed by atoms with Crippen LogP contribution < -0.4 is 5.73 Å². The van der Waals surface area contributed by atoms with Crippen molar-refractivity contribution in [2.75, 3.05) is 13.1 Å². The smallest absolute Gasteiger partial charge is 0.246 e. The molecular formula is C14H18F2N2O2S. The van der Waals surface area contributed by atoms with Gasteiger partial charge in [0.1, 0.15) is 16.5 Å². The molecule has 1 aromatic rings. The third kappa shape index (κ3) is 2.58. The van der Waals surface area contributed by atoms with E-state index in [9.17, 15) is 17.2 Å². The summed E-state index contributed by atoms with van der Waals surface area (Å²) in [6.45, 7) is 0.697. The number of rotatable bonds is 2. The molecule has 1 aliphatic heterocycles. The van der Waals surface area contributed by atoms with Crippen molar-refractivity contribution in [3.8, 4) is 0 Å². The topological polar surface area (TPSA) is 63.4 Å². The van der Waals surface area contributed by atoms with Crippen molar-refractivity contribution in [1.29, 1.82) is 0 Å². The van der Waals surface area contributed by atoms with Gasteiger partial charge in [-0.3, -0.25) is 0 Å². The van der Waals surface area contributed by atoms with Gasteiger partial charge in [-0.25, -0.2) is 17.2 Å². The van der Waals surface area contributed by atoms with Crippen LogP contribution in [0.2, 0.25) is 0 Å². The molecule has 1 saturated heterocycles. The monoisotopic (exact) mass is 316 g/mol. The highest BCUT2D eigenvalue weighted by Gasteiger charge is 2.43. The van der Waals surface area contributed by atoms with Gasteiger partial charge in [-0.2, -0.15) is 4.31 Å². The minimum absolute atomic E-state index is 0.00187. The number of sulfonamides is 1. The molecule has 0 spiro atoms. The Kier molecular flexibility index (Phi) is 3.75. The molecule has 1 aromatic carbocycles. The Labute approximate surface area is 123 Å². The van der Waals surface area contributed by atoms with E-state index in [0.29, 0.717) is 19.2 Å². The zero-order chi connectivity index (χ0) is 15.2. The van der Waals surface area contributed by atoms with Gasteiger partial charge in [0.15, 0.2) is 0 Å². The number of fused-ring (bicyclic) bond motifs is 1. The van der Waals surface area contributed by atoms with E-state index in [1.165, 1.54) is 4.31 Å². The molecule has 4 nitrogen and oxygen atoms in total. The average Bonchev–Trinajstić information content (AvgIpc) is 2.84. The number of hydrogen-bond acceptors (Lipinski definition) is 3. The van der Waals surface area contributed by atoms with Gasteiger partial charge in [-0.15, -0.1) is 0 Å². The molecule has 2 fully saturated rings. The molecule has 0 bridgehead atoms. The third-order valence-electron chi connectivity index (χ3n) is 4.63. The zero-order valence-electron chi connectivity index (χ0n) is 11.5. The highest BCUT2D eigenvalue weighted by Crippen LogP contribution is 2.38. The van der Waals surface area contributed by atoms with Gasteiger partial charge in [-0.1, -0.05) is 6.42 Å². The SMILES string of the molecule is NC1CCCC2CN(S(=O)(=O)c3ccc(F)cc3F)CC12. The first-order valence-electron chi connectivity index (χ1n) is 7.10. The zero-order valence-corrected chi connectivity index (χ0v) is 12.3. The molecule has 116 valence electrons. The molecule has 2 aliphatic rings. The molecule has 3 atom stereocenters. The fourth-order valence-electron chi connectivity index (χ4n) is 3.50. The van der Waals surface area contributed by atoms with E-state index in [0.717, 1.165) is 31.4 Å². The Morgan fingerprint density at radius 2 is 1.95 bits per heavy atom. The van der Waals surface area contributed by atoms with Crippen LogP contribution in [0.3, 0.4) is 0 Å². The minimum atomic E-state index is -3.93. The Balaban J connectivity index is 1.89. The van der Waals surface area contributed by atoms with Crippen LogP contribution in [0.15, 0.2) is 23.1 Å². The largest absolute Gasteiger partial charge is 0.327 e. The number of nitrogens with zero attached hydrogens (tertiary/aromatic N) is 1. The van der Waals surface area contributed by atoms with Gasteiger partial charge in [0, 0.05) is 25.2 Å². The maximum absolute atomic E-state index is 13.8. The summed E-state index contributed by atoms with van der Waals surface area (Å²) in [5, 5.41) is 0. The summed E-state index contributed by atoms with van der Waals surface area (Å²) in [4.78, 5) is -0.462. The van der Waals surface area contributed by atoms with Crippen LogP contribution in [0.1, 0.15) is 19.3 Å². The summed E-state index contributed by atoms with van der Waals surface area (Å²) in [6, 6.07) is 2.55. The van der Waals surface area contributed by atoms with Crippen LogP contribution >= 0.6 is 0 Å². The average molecular weight is 316 g/mol. The number of halogens is 2. The summed E-state index contributed by atoms with van der Waals surface area (Å²) in [5.41, 5.74) is 6.07. The van der Waals surface area contributed by atoms with E-state index in [-0.39, 0.29) is 17.9 Å². The second-order valence-corrected chi connectivity index (χ2v) is 7.82. The Hall–Kier alpha value is -1.05. The molecule has 3 rings (SSSR count). The van der Waals surface area contributed by atoms with Crippen molar-refractivity contribution in [3.63, 3.8) is 0 Å². The van der Waals surface area contributed by atoms with Crippen molar-refractivity contribution >= 4 is 10.0 Å². The number of nitrogens with two attached hydrogens (primary N) is 1. The Morgan fingerprint density at radius 3 is 2.62 bits per heavy atom. The van der Waals surface area contributed by atoms with E-state index >= 15 is 0 Å². The van der Waals surface area contributed by atoms with Gasteiger partial charge < -0.3 is 5.73 Å². The lowest BCUT2D eigenvalue weighted by molar-refractivity contribution is 0.260. The lowest BCUT2D eigenvalue weighted by atomic mass is 9.78. The second kappa shape index (κ2) is 5.30. The first kappa shape index (κ1) is 14.9. The second-order valence-electron chi connectivity index (χ2n) is 5.92. The maximum Gasteiger partial charge on any atom is 0.246 e. The van der Waals surface area contributed by atoms with Crippen molar-refractivity contribution in [2.24, 2.45) is 17.6 Å². The highest BCUT2D eigenvalue weighted by molar-refractivity contribution is 7.89. The van der Waals surface area contributed by atoms with E-state index in [1.807, 2.05) is 0 Å². The lowest BCUT2D eigenvalue weighted by Gasteiger charge is -2.29. The maximum atomic E-state index is 13.8. The summed E-state index contributed by atoms with van der Waals surface area (Å²) in [5.74, 6) is -1.46. The molecule has 3 unspecified atom stereocenters. The van der Waals surface area contributed by atoms with Crippen LogP contribution in [0.25, 0.3) is 0 Å². The highest BCUT2D eigenvalue weighted by atomic mass is 32.2. The van der Waals surface area contributed by atoms with Crippen LogP contribution in [-0.2, 0) is 10.0 Å². The molecule has 0 radical (unpaired) electrons. The van der Waals surface area contributed by atoms with E-state index in [1.54, 1.807) is 0 Å². The van der Waals surface area contributed by atoms with Crippen LogP contribution in [0, 0.1) is 23.5 Å². The minimum Gasteiger partial charge on any atom is -0.327 e. The summed E-state index contributed by atoms with van der Waals surface area (Å²) in [6.07, 6.45) is 2.86. The first-order chi connectivity index (χ1) is 9.89. The van der Waals surface area contributed by atoms with Gasteiger partial charge >= 0.3 is 0 Å². The Bertz CT molecular complexity index is 650. The van der Waals surface area contributed by atoms with E-state index in [2.05, 4.69) is 0 Å². The summed E-state index contributed by atoms with van der Waals surface area (Å²) < 4.78 is 53.1. The van der Waals surface area contributed by atoms with Crippen LogP contribution in [0.5, 0.6) is 0 Å². The molecule has 2 N–H and O–H groups in total. The molecule has 7 heteroatoms. The van der Waals surface area contributed by atoms with Crippen LogP contribution in [0.4, 0.5) is 8.78 Å². The molecule has 0 aromatic heterocycles. The summed E-state index contributed by atoms with van der Waals surface area (Å²) in [7, 11) is -3.93. The standard InChI is InChI=1S/C14H18F2N2O2S/c15-10-4-5-14(12(16)6-10)21(19,20)18-7-9-2-1-3-13(17)11(9)8-18/h4-6,9,11,13H,1-3,7-8,17H2. The predicted octanol–water partition coefficient (Wildman–Crippen LogP) is 1.71. The van der Waals surface area contributed by atoms with Gasteiger partial charge in [0.25, 0.3) is 0 Å². The third-order valence-corrected chi connectivity index (χ3v) is 6.50.